The number of nitrogens with zero attached hydrogens (tertiary/aromatic N) is 1. The lowest BCUT2D eigenvalue weighted by Crippen LogP contribution is -2.40. The van der Waals surface area contributed by atoms with Gasteiger partial charge in [-0.05, 0) is 18.3 Å². The van der Waals surface area contributed by atoms with E-state index >= 15 is 0 Å². The second-order valence-electron chi connectivity index (χ2n) is 4.69. The van der Waals surface area contributed by atoms with E-state index in [1.807, 2.05) is 0 Å². The molecule has 3 unspecified atom stereocenters. The van der Waals surface area contributed by atoms with Crippen molar-refractivity contribution in [1.82, 2.24) is 4.90 Å². The number of aliphatic hydroxyl groups excluding tert-OH is 1. The fourth-order valence-electron chi connectivity index (χ4n) is 3.42. The average Bonchev–Trinajstić information content (AvgIpc) is 2.79. The van der Waals surface area contributed by atoms with Gasteiger partial charge < -0.3 is 5.11 Å². The fourth-order valence-corrected chi connectivity index (χ4v) is 3.42. The summed E-state index contributed by atoms with van der Waals surface area (Å²) in [5.74, 6) is -0.219. The Hall–Kier alpha value is -1.16. The van der Waals surface area contributed by atoms with Crippen LogP contribution in [0.5, 0.6) is 0 Å². The van der Waals surface area contributed by atoms with Crippen LogP contribution in [0.2, 0.25) is 0 Å². The zero-order valence-electron chi connectivity index (χ0n) is 8.46. The zero-order valence-corrected chi connectivity index (χ0v) is 8.46. The zero-order chi connectivity index (χ0) is 10.7. The van der Waals surface area contributed by atoms with E-state index in [4.69, 9.17) is 0 Å². The molecule has 0 aromatic rings. The molecule has 0 radical (unpaired) electrons. The molecule has 80 valence electrons. The number of carbonyl (C=O) groups is 2. The van der Waals surface area contributed by atoms with Crippen molar-refractivity contribution < 1.29 is 14.7 Å². The fraction of sp³-hybridized carbons (Fsp3) is 0.636. The molecule has 2 aliphatic carbocycles. The highest BCUT2D eigenvalue weighted by molar-refractivity contribution is 5.98. The first-order chi connectivity index (χ1) is 7.11. The van der Waals surface area contributed by atoms with Gasteiger partial charge in [0.25, 0.3) is 0 Å². The van der Waals surface area contributed by atoms with Crippen LogP contribution in [0.15, 0.2) is 12.2 Å². The van der Waals surface area contributed by atoms with E-state index in [1.165, 1.54) is 6.92 Å². The number of allylic oxidation sites excluding steroid dienone is 2. The second kappa shape index (κ2) is 2.70. The number of rotatable bonds is 0. The molecule has 4 nitrogen and oxygen atoms in total. The summed E-state index contributed by atoms with van der Waals surface area (Å²) in [5, 5.41) is 9.97. The Bertz CT molecular complexity index is 376. The molecular weight excluding hydrogens is 194 g/mol. The molecule has 1 aliphatic heterocycles. The highest BCUT2D eigenvalue weighted by atomic mass is 16.3. The number of amides is 2. The van der Waals surface area contributed by atoms with Crippen LogP contribution in [-0.4, -0.2) is 28.0 Å². The third kappa shape index (κ3) is 0.951. The van der Waals surface area contributed by atoms with Crippen molar-refractivity contribution in [2.75, 3.05) is 0 Å². The van der Waals surface area contributed by atoms with Crippen LogP contribution >= 0.6 is 0 Å². The summed E-state index contributed by atoms with van der Waals surface area (Å²) in [6.07, 6.45) is 4.19. The van der Waals surface area contributed by atoms with Gasteiger partial charge in [0, 0.05) is 12.8 Å². The summed E-state index contributed by atoms with van der Waals surface area (Å²) in [4.78, 5) is 24.2. The topological polar surface area (TPSA) is 57.6 Å². The van der Waals surface area contributed by atoms with Crippen molar-refractivity contribution in [2.24, 2.45) is 23.7 Å². The standard InChI is InChI=1S/C11H13NO3/c1-5(13)12-10(14)8-6-2-3-7(4-6)9(8)11(12)15/h2-3,6-10,14H,4H2,1H3/t6-,7+,8?,9?,10?/m1/s1. The molecule has 0 aromatic carbocycles. The number of imide groups is 1. The van der Waals surface area contributed by atoms with E-state index in [-0.39, 0.29) is 35.5 Å². The smallest absolute Gasteiger partial charge is 0.235 e. The molecule has 1 saturated heterocycles. The van der Waals surface area contributed by atoms with E-state index in [0.29, 0.717) is 0 Å². The minimum Gasteiger partial charge on any atom is -0.373 e. The highest BCUT2D eigenvalue weighted by Crippen LogP contribution is 2.53. The molecule has 2 bridgehead atoms. The van der Waals surface area contributed by atoms with E-state index in [9.17, 15) is 14.7 Å². The molecule has 5 atom stereocenters. The van der Waals surface area contributed by atoms with Gasteiger partial charge in [0.05, 0.1) is 5.92 Å². The van der Waals surface area contributed by atoms with Gasteiger partial charge in [0.1, 0.15) is 6.23 Å². The van der Waals surface area contributed by atoms with Gasteiger partial charge in [0.2, 0.25) is 11.8 Å². The van der Waals surface area contributed by atoms with Crippen LogP contribution in [-0.2, 0) is 9.59 Å². The number of carbonyl (C=O) groups excluding carboxylic acids is 2. The number of fused-ring (bicyclic) bond motifs is 5. The maximum Gasteiger partial charge on any atom is 0.235 e. The molecule has 1 N–H and O–H groups in total. The van der Waals surface area contributed by atoms with Gasteiger partial charge in [-0.3, -0.25) is 14.5 Å². The summed E-state index contributed by atoms with van der Waals surface area (Å²) in [6.45, 7) is 1.33. The molecule has 3 aliphatic rings. The first kappa shape index (κ1) is 9.09. The van der Waals surface area contributed by atoms with Crippen molar-refractivity contribution >= 4 is 11.8 Å². The van der Waals surface area contributed by atoms with Gasteiger partial charge in [-0.25, -0.2) is 0 Å². The molecule has 0 spiro atoms. The van der Waals surface area contributed by atoms with E-state index in [2.05, 4.69) is 12.2 Å². The lowest BCUT2D eigenvalue weighted by Gasteiger charge is -2.22. The molecule has 1 saturated carbocycles. The minimum atomic E-state index is -0.903. The normalized spacial score (nSPS) is 46.4. The van der Waals surface area contributed by atoms with Crippen LogP contribution in [0.3, 0.4) is 0 Å². The van der Waals surface area contributed by atoms with Crippen molar-refractivity contribution in [3.63, 3.8) is 0 Å². The number of aliphatic hydroxyl groups is 1. The third-order valence-electron chi connectivity index (χ3n) is 3.99. The summed E-state index contributed by atoms with van der Waals surface area (Å²) in [5.41, 5.74) is 0. The molecule has 0 aromatic heterocycles. The monoisotopic (exact) mass is 207 g/mol. The molecule has 3 rings (SSSR count). The Morgan fingerprint density at radius 1 is 1.47 bits per heavy atom. The van der Waals surface area contributed by atoms with Crippen LogP contribution < -0.4 is 0 Å². The van der Waals surface area contributed by atoms with Gasteiger partial charge in [-0.2, -0.15) is 0 Å². The summed E-state index contributed by atoms with van der Waals surface area (Å²) >= 11 is 0. The van der Waals surface area contributed by atoms with Crippen molar-refractivity contribution in [2.45, 2.75) is 19.6 Å². The largest absolute Gasteiger partial charge is 0.373 e. The number of hydrogen-bond donors (Lipinski definition) is 1. The van der Waals surface area contributed by atoms with Gasteiger partial charge in [0.15, 0.2) is 0 Å². The number of likely N-dealkylation sites (tertiary alicyclic amines) is 1. The van der Waals surface area contributed by atoms with Crippen molar-refractivity contribution in [3.05, 3.63) is 12.2 Å². The third-order valence-corrected chi connectivity index (χ3v) is 3.99. The molecule has 1 heterocycles. The van der Waals surface area contributed by atoms with Crippen LogP contribution in [0.25, 0.3) is 0 Å². The Balaban J connectivity index is 1.99. The summed E-state index contributed by atoms with van der Waals surface area (Å²) in [7, 11) is 0. The Kier molecular flexibility index (Phi) is 1.63. The molecule has 2 fully saturated rings. The van der Waals surface area contributed by atoms with Crippen molar-refractivity contribution in [1.29, 1.82) is 0 Å². The first-order valence-electron chi connectivity index (χ1n) is 5.31. The van der Waals surface area contributed by atoms with Crippen molar-refractivity contribution in [3.8, 4) is 0 Å². The highest BCUT2D eigenvalue weighted by Gasteiger charge is 2.59. The lowest BCUT2D eigenvalue weighted by atomic mass is 9.85. The SMILES string of the molecule is CC(=O)N1C(=O)C2C(C1O)[C@@H]1C=C[C@H]2C1. The van der Waals surface area contributed by atoms with E-state index in [0.717, 1.165) is 11.3 Å². The maximum atomic E-state index is 11.9. The first-order valence-corrected chi connectivity index (χ1v) is 5.31. The molecular formula is C11H13NO3. The van der Waals surface area contributed by atoms with Crippen LogP contribution in [0.1, 0.15) is 13.3 Å². The van der Waals surface area contributed by atoms with Gasteiger partial charge >= 0.3 is 0 Å². The van der Waals surface area contributed by atoms with E-state index < -0.39 is 6.23 Å². The predicted molar refractivity (Wildman–Crippen MR) is 51.3 cm³/mol. The maximum absolute atomic E-state index is 11.9. The molecule has 2 amide bonds. The summed E-state index contributed by atoms with van der Waals surface area (Å²) < 4.78 is 0. The van der Waals surface area contributed by atoms with Gasteiger partial charge in [-0.1, -0.05) is 12.2 Å². The lowest BCUT2D eigenvalue weighted by molar-refractivity contribution is -0.150. The molecule has 15 heavy (non-hydrogen) atoms. The minimum absolute atomic E-state index is 0.0589. The molecule has 4 heteroatoms. The van der Waals surface area contributed by atoms with Crippen LogP contribution in [0.4, 0.5) is 0 Å². The number of hydrogen-bond acceptors (Lipinski definition) is 3. The van der Waals surface area contributed by atoms with E-state index in [1.54, 1.807) is 0 Å². The van der Waals surface area contributed by atoms with Crippen LogP contribution in [0, 0.1) is 23.7 Å². The Morgan fingerprint density at radius 3 is 2.73 bits per heavy atom. The average molecular weight is 207 g/mol. The van der Waals surface area contributed by atoms with Gasteiger partial charge in [-0.15, -0.1) is 0 Å². The predicted octanol–water partition coefficient (Wildman–Crippen LogP) is 0.132. The quantitative estimate of drug-likeness (QED) is 0.574. The Labute approximate surface area is 87.6 Å². The Morgan fingerprint density at radius 2 is 2.13 bits per heavy atom. The summed E-state index contributed by atoms with van der Waals surface area (Å²) in [6, 6.07) is 0. The second-order valence-corrected chi connectivity index (χ2v) is 4.69.